The number of carbonyl (C=O) groups excluding carboxylic acids is 1. The summed E-state index contributed by atoms with van der Waals surface area (Å²) < 4.78 is 33.3. The van der Waals surface area contributed by atoms with Crippen LogP contribution in [0.25, 0.3) is 0 Å². The smallest absolute Gasteiger partial charge is 0.251 e. The van der Waals surface area contributed by atoms with E-state index in [0.717, 1.165) is 36.0 Å². The average Bonchev–Trinajstić information content (AvgIpc) is 2.89. The molecule has 4 rings (SSSR count). The van der Waals surface area contributed by atoms with Crippen LogP contribution in [-0.4, -0.2) is 31.7 Å². The maximum Gasteiger partial charge on any atom is 0.251 e. The highest BCUT2D eigenvalue weighted by atomic mass is 32.2. The molecule has 0 bridgehead atoms. The van der Waals surface area contributed by atoms with Crippen molar-refractivity contribution in [2.45, 2.75) is 43.9 Å². The van der Waals surface area contributed by atoms with Crippen molar-refractivity contribution in [3.8, 4) is 0 Å². The lowest BCUT2D eigenvalue weighted by atomic mass is 10.1. The maximum absolute atomic E-state index is 13.0. The molecule has 6 nitrogen and oxygen atoms in total. The summed E-state index contributed by atoms with van der Waals surface area (Å²) in [5.74, 6) is -0.310. The Kier molecular flexibility index (Phi) is 8.11. The monoisotopic (exact) mass is 478 g/mol. The van der Waals surface area contributed by atoms with Crippen LogP contribution in [0, 0.1) is 0 Å². The van der Waals surface area contributed by atoms with Gasteiger partial charge in [-0.2, -0.15) is 4.31 Å². The molecule has 0 saturated carbocycles. The highest BCUT2D eigenvalue weighted by molar-refractivity contribution is 7.89. The minimum atomic E-state index is -3.59. The summed E-state index contributed by atoms with van der Waals surface area (Å²) in [4.78, 5) is 13.0. The van der Waals surface area contributed by atoms with Crippen LogP contribution in [0.4, 0.5) is 0 Å². The average molecular weight is 479 g/mol. The second kappa shape index (κ2) is 11.4. The van der Waals surface area contributed by atoms with Gasteiger partial charge in [0.2, 0.25) is 10.0 Å². The Morgan fingerprint density at radius 2 is 1.53 bits per heavy atom. The molecule has 1 saturated heterocycles. The zero-order valence-electron chi connectivity index (χ0n) is 19.2. The van der Waals surface area contributed by atoms with Gasteiger partial charge in [-0.1, -0.05) is 67.1 Å². The van der Waals surface area contributed by atoms with E-state index in [2.05, 4.69) is 5.32 Å². The Labute approximate surface area is 201 Å². The predicted molar refractivity (Wildman–Crippen MR) is 132 cm³/mol. The number of nitrogens with zero attached hydrogens (tertiary/aromatic N) is 1. The van der Waals surface area contributed by atoms with Crippen LogP contribution in [0.5, 0.6) is 0 Å². The number of amides is 1. The summed E-state index contributed by atoms with van der Waals surface area (Å²) in [5.41, 5.74) is 3.39. The van der Waals surface area contributed by atoms with Gasteiger partial charge < -0.3 is 10.1 Å². The van der Waals surface area contributed by atoms with E-state index in [-0.39, 0.29) is 10.8 Å². The van der Waals surface area contributed by atoms with Gasteiger partial charge in [-0.15, -0.1) is 0 Å². The maximum atomic E-state index is 13.0. The molecule has 0 atom stereocenters. The molecule has 0 spiro atoms. The molecular weight excluding hydrogens is 448 g/mol. The topological polar surface area (TPSA) is 75.7 Å². The van der Waals surface area contributed by atoms with E-state index in [1.165, 1.54) is 10.4 Å². The molecule has 1 aliphatic rings. The number of hydrogen-bond donors (Lipinski definition) is 1. The van der Waals surface area contributed by atoms with Crippen molar-refractivity contribution in [1.29, 1.82) is 0 Å². The highest BCUT2D eigenvalue weighted by Crippen LogP contribution is 2.21. The van der Waals surface area contributed by atoms with Gasteiger partial charge >= 0.3 is 0 Å². The van der Waals surface area contributed by atoms with Crippen LogP contribution in [-0.2, 0) is 34.5 Å². The number of rotatable bonds is 9. The molecule has 3 aromatic carbocycles. The van der Waals surface area contributed by atoms with Crippen LogP contribution in [0.3, 0.4) is 0 Å². The Hall–Kier alpha value is -3.00. The second-order valence-electron chi connectivity index (χ2n) is 8.42. The van der Waals surface area contributed by atoms with E-state index in [4.69, 9.17) is 4.74 Å². The van der Waals surface area contributed by atoms with Crippen LogP contribution in [0.1, 0.15) is 46.3 Å². The molecule has 1 fully saturated rings. The number of piperidine rings is 1. The molecule has 0 radical (unpaired) electrons. The first-order chi connectivity index (χ1) is 16.5. The first kappa shape index (κ1) is 24.1. The molecular formula is C27H30N2O4S. The molecule has 0 aliphatic carbocycles. The van der Waals surface area contributed by atoms with Crippen molar-refractivity contribution in [3.63, 3.8) is 0 Å². The lowest BCUT2D eigenvalue weighted by molar-refractivity contribution is 0.0947. The third-order valence-corrected chi connectivity index (χ3v) is 7.87. The normalized spacial score (nSPS) is 14.6. The predicted octanol–water partition coefficient (Wildman–Crippen LogP) is 4.51. The fourth-order valence-electron chi connectivity index (χ4n) is 4.05. The van der Waals surface area contributed by atoms with Crippen LogP contribution < -0.4 is 5.32 Å². The largest absolute Gasteiger partial charge is 0.372 e. The number of nitrogens with one attached hydrogen (secondary N) is 1. The Bertz CT molecular complexity index is 1210. The summed E-state index contributed by atoms with van der Waals surface area (Å²) >= 11 is 0. The fourth-order valence-corrected chi connectivity index (χ4v) is 5.62. The van der Waals surface area contributed by atoms with Gasteiger partial charge in [-0.05, 0) is 47.7 Å². The zero-order chi connectivity index (χ0) is 23.8. The molecule has 178 valence electrons. The lowest BCUT2D eigenvalue weighted by Gasteiger charge is -2.26. The van der Waals surface area contributed by atoms with Gasteiger partial charge in [0.25, 0.3) is 5.91 Å². The van der Waals surface area contributed by atoms with Crippen molar-refractivity contribution in [3.05, 3.63) is 101 Å². The van der Waals surface area contributed by atoms with Gasteiger partial charge in [-0.25, -0.2) is 8.42 Å². The number of hydrogen-bond acceptors (Lipinski definition) is 4. The summed E-state index contributed by atoms with van der Waals surface area (Å²) in [6, 6.07) is 24.1. The van der Waals surface area contributed by atoms with Crippen molar-refractivity contribution in [2.24, 2.45) is 0 Å². The van der Waals surface area contributed by atoms with E-state index >= 15 is 0 Å². The highest BCUT2D eigenvalue weighted by Gasteiger charge is 2.26. The zero-order valence-corrected chi connectivity index (χ0v) is 20.0. The molecule has 1 heterocycles. The number of ether oxygens (including phenoxy) is 1. The van der Waals surface area contributed by atoms with Gasteiger partial charge in [0, 0.05) is 25.2 Å². The van der Waals surface area contributed by atoms with E-state index in [1.807, 2.05) is 54.6 Å². The molecule has 0 unspecified atom stereocenters. The fraction of sp³-hybridized carbons (Fsp3) is 0.296. The van der Waals surface area contributed by atoms with Gasteiger partial charge in [0.1, 0.15) is 0 Å². The van der Waals surface area contributed by atoms with Crippen LogP contribution in [0.15, 0.2) is 83.8 Å². The van der Waals surface area contributed by atoms with Crippen molar-refractivity contribution < 1.29 is 17.9 Å². The first-order valence-corrected chi connectivity index (χ1v) is 13.0. The third-order valence-electron chi connectivity index (χ3n) is 5.98. The van der Waals surface area contributed by atoms with E-state index in [0.29, 0.717) is 38.4 Å². The van der Waals surface area contributed by atoms with E-state index < -0.39 is 10.0 Å². The Balaban J connectivity index is 1.38. The molecule has 0 aromatic heterocycles. The molecule has 3 aromatic rings. The molecule has 1 N–H and O–H groups in total. The lowest BCUT2D eigenvalue weighted by Crippen LogP contribution is -2.35. The summed E-state index contributed by atoms with van der Waals surface area (Å²) in [6.45, 7) is 2.33. The van der Waals surface area contributed by atoms with Crippen LogP contribution in [0.2, 0.25) is 0 Å². The molecule has 1 amide bonds. The van der Waals surface area contributed by atoms with Crippen molar-refractivity contribution in [2.75, 3.05) is 13.1 Å². The first-order valence-electron chi connectivity index (χ1n) is 11.6. The minimum absolute atomic E-state index is 0.164. The van der Waals surface area contributed by atoms with Crippen LogP contribution >= 0.6 is 0 Å². The van der Waals surface area contributed by atoms with E-state index in [1.54, 1.807) is 18.2 Å². The summed E-state index contributed by atoms with van der Waals surface area (Å²) in [7, 11) is -3.59. The second-order valence-corrected chi connectivity index (χ2v) is 10.4. The third kappa shape index (κ3) is 6.11. The Morgan fingerprint density at radius 3 is 2.29 bits per heavy atom. The molecule has 7 heteroatoms. The standard InChI is InChI=1S/C27H30N2O4S/c30-27(23-14-9-15-26(18-23)34(31,32)29-16-7-2-8-17-29)28-19-24-12-5-6-13-25(24)21-33-20-22-10-3-1-4-11-22/h1,3-6,9-15,18H,2,7-8,16-17,19-21H2,(H,28,30). The molecule has 1 aliphatic heterocycles. The molecule has 34 heavy (non-hydrogen) atoms. The Morgan fingerprint density at radius 1 is 0.824 bits per heavy atom. The van der Waals surface area contributed by atoms with E-state index in [9.17, 15) is 13.2 Å². The summed E-state index contributed by atoms with van der Waals surface area (Å²) in [6.07, 6.45) is 2.79. The summed E-state index contributed by atoms with van der Waals surface area (Å²) in [5, 5.41) is 2.92. The SMILES string of the molecule is O=C(NCc1ccccc1COCc1ccccc1)c1cccc(S(=O)(=O)N2CCCCC2)c1. The number of benzene rings is 3. The van der Waals surface area contributed by atoms with Gasteiger partial charge in [-0.3, -0.25) is 4.79 Å². The quantitative estimate of drug-likeness (QED) is 0.491. The number of sulfonamides is 1. The minimum Gasteiger partial charge on any atom is -0.372 e. The number of carbonyl (C=O) groups is 1. The van der Waals surface area contributed by atoms with Crippen molar-refractivity contribution >= 4 is 15.9 Å². The van der Waals surface area contributed by atoms with Gasteiger partial charge in [0.05, 0.1) is 18.1 Å². The van der Waals surface area contributed by atoms with Gasteiger partial charge in [0.15, 0.2) is 0 Å². The van der Waals surface area contributed by atoms with Crippen molar-refractivity contribution in [1.82, 2.24) is 9.62 Å².